The Morgan fingerprint density at radius 2 is 1.75 bits per heavy atom. The van der Waals surface area contributed by atoms with Gasteiger partial charge in [-0.3, -0.25) is 4.79 Å². The van der Waals surface area contributed by atoms with Gasteiger partial charge in [0.15, 0.2) is 0 Å². The quantitative estimate of drug-likeness (QED) is 0.782. The van der Waals surface area contributed by atoms with Crippen molar-refractivity contribution in [2.75, 3.05) is 0 Å². The number of tetrazole rings is 1. The van der Waals surface area contributed by atoms with E-state index in [1.165, 1.54) is 4.80 Å². The van der Waals surface area contributed by atoms with Crippen molar-refractivity contribution in [1.29, 1.82) is 0 Å². The Hall–Kier alpha value is -3.02. The van der Waals surface area contributed by atoms with Crippen LogP contribution < -0.4 is 5.32 Å². The summed E-state index contributed by atoms with van der Waals surface area (Å²) in [7, 11) is 0. The fraction of sp³-hybridized carbons (Fsp3) is 0.222. The molecule has 24 heavy (non-hydrogen) atoms. The van der Waals surface area contributed by atoms with Crippen LogP contribution in [0.4, 0.5) is 0 Å². The minimum absolute atomic E-state index is 0.0464. The Morgan fingerprint density at radius 1 is 1.04 bits per heavy atom. The fourth-order valence-electron chi connectivity index (χ4n) is 2.43. The lowest BCUT2D eigenvalue weighted by Gasteiger charge is -2.07. The number of carbonyl (C=O) groups excluding carboxylic acids is 1. The lowest BCUT2D eigenvalue weighted by atomic mass is 10.1. The zero-order valence-corrected chi connectivity index (χ0v) is 13.7. The Kier molecular flexibility index (Phi) is 4.65. The molecule has 0 atom stereocenters. The molecule has 0 saturated carbocycles. The number of aromatic nitrogens is 4. The molecule has 0 fully saturated rings. The molecule has 2 aromatic carbocycles. The fourth-order valence-corrected chi connectivity index (χ4v) is 2.43. The molecule has 0 aliphatic rings. The number of hydrogen-bond acceptors (Lipinski definition) is 4. The van der Waals surface area contributed by atoms with Crippen LogP contribution in [0.25, 0.3) is 11.4 Å². The Labute approximate surface area is 140 Å². The van der Waals surface area contributed by atoms with Crippen LogP contribution in [0.5, 0.6) is 0 Å². The van der Waals surface area contributed by atoms with Gasteiger partial charge in [0.25, 0.3) is 0 Å². The van der Waals surface area contributed by atoms with Gasteiger partial charge in [-0.2, -0.15) is 4.80 Å². The summed E-state index contributed by atoms with van der Waals surface area (Å²) < 4.78 is 0. The minimum Gasteiger partial charge on any atom is -0.350 e. The number of amides is 1. The topological polar surface area (TPSA) is 72.7 Å². The van der Waals surface area contributed by atoms with Gasteiger partial charge < -0.3 is 5.32 Å². The van der Waals surface area contributed by atoms with Gasteiger partial charge in [0, 0.05) is 12.1 Å². The Morgan fingerprint density at radius 3 is 2.50 bits per heavy atom. The zero-order valence-electron chi connectivity index (χ0n) is 13.7. The molecule has 1 N–H and O–H groups in total. The summed E-state index contributed by atoms with van der Waals surface area (Å²) in [6, 6.07) is 15.8. The Bertz CT molecular complexity index is 856. The number of hydrogen-bond donors (Lipinski definition) is 1. The number of rotatable bonds is 5. The molecule has 0 spiro atoms. The summed E-state index contributed by atoms with van der Waals surface area (Å²) in [6.07, 6.45) is 0. The maximum Gasteiger partial charge on any atom is 0.243 e. The molecule has 6 nitrogen and oxygen atoms in total. The van der Waals surface area contributed by atoms with Crippen molar-refractivity contribution < 1.29 is 4.79 Å². The second-order valence-electron chi connectivity index (χ2n) is 5.66. The second-order valence-corrected chi connectivity index (χ2v) is 5.66. The highest BCUT2D eigenvalue weighted by molar-refractivity contribution is 5.75. The van der Waals surface area contributed by atoms with E-state index in [1.807, 2.05) is 62.4 Å². The molecule has 1 amide bonds. The highest BCUT2D eigenvalue weighted by Gasteiger charge is 2.10. The smallest absolute Gasteiger partial charge is 0.243 e. The SMILES string of the molecule is Cc1ccccc1CNC(=O)Cn1nnc(-c2ccccc2C)n1. The first-order valence-corrected chi connectivity index (χ1v) is 7.78. The molecular formula is C18H19N5O. The van der Waals surface area contributed by atoms with Crippen LogP contribution >= 0.6 is 0 Å². The normalized spacial score (nSPS) is 10.6. The van der Waals surface area contributed by atoms with E-state index in [1.54, 1.807) is 0 Å². The van der Waals surface area contributed by atoms with E-state index in [-0.39, 0.29) is 12.5 Å². The van der Waals surface area contributed by atoms with Crippen molar-refractivity contribution in [3.8, 4) is 11.4 Å². The number of aryl methyl sites for hydroxylation is 2. The van der Waals surface area contributed by atoms with Crippen LogP contribution in [0.15, 0.2) is 48.5 Å². The van der Waals surface area contributed by atoms with Crippen LogP contribution in [0.3, 0.4) is 0 Å². The molecule has 0 unspecified atom stereocenters. The molecule has 6 heteroatoms. The van der Waals surface area contributed by atoms with Crippen LogP contribution in [0.2, 0.25) is 0 Å². The molecular weight excluding hydrogens is 302 g/mol. The van der Waals surface area contributed by atoms with Gasteiger partial charge in [0.05, 0.1) is 0 Å². The van der Waals surface area contributed by atoms with Crippen molar-refractivity contribution in [3.63, 3.8) is 0 Å². The van der Waals surface area contributed by atoms with E-state index in [2.05, 4.69) is 20.7 Å². The van der Waals surface area contributed by atoms with Gasteiger partial charge in [0.1, 0.15) is 6.54 Å². The van der Waals surface area contributed by atoms with Crippen molar-refractivity contribution in [2.24, 2.45) is 0 Å². The average Bonchev–Trinajstić information content (AvgIpc) is 3.03. The van der Waals surface area contributed by atoms with Gasteiger partial charge >= 0.3 is 0 Å². The van der Waals surface area contributed by atoms with Crippen molar-refractivity contribution in [2.45, 2.75) is 26.9 Å². The van der Waals surface area contributed by atoms with E-state index in [0.717, 1.165) is 22.3 Å². The van der Waals surface area contributed by atoms with E-state index in [4.69, 9.17) is 0 Å². The lowest BCUT2D eigenvalue weighted by molar-refractivity contribution is -0.122. The molecule has 3 rings (SSSR count). The van der Waals surface area contributed by atoms with Crippen LogP contribution in [0, 0.1) is 13.8 Å². The van der Waals surface area contributed by atoms with Gasteiger partial charge in [-0.05, 0) is 35.8 Å². The van der Waals surface area contributed by atoms with Gasteiger partial charge in [-0.1, -0.05) is 48.5 Å². The third-order valence-corrected chi connectivity index (χ3v) is 3.86. The highest BCUT2D eigenvalue weighted by Crippen LogP contribution is 2.17. The molecule has 1 heterocycles. The van der Waals surface area contributed by atoms with E-state index >= 15 is 0 Å². The van der Waals surface area contributed by atoms with Gasteiger partial charge in [-0.25, -0.2) is 0 Å². The summed E-state index contributed by atoms with van der Waals surface area (Å²) >= 11 is 0. The molecule has 0 aliphatic carbocycles. The first-order chi connectivity index (χ1) is 11.6. The molecule has 122 valence electrons. The molecule has 1 aromatic heterocycles. The van der Waals surface area contributed by atoms with E-state index in [0.29, 0.717) is 12.4 Å². The molecule has 0 aliphatic heterocycles. The summed E-state index contributed by atoms with van der Waals surface area (Å²) in [5.41, 5.74) is 4.24. The number of benzene rings is 2. The Balaban J connectivity index is 1.62. The van der Waals surface area contributed by atoms with Crippen LogP contribution in [0.1, 0.15) is 16.7 Å². The zero-order chi connectivity index (χ0) is 16.9. The maximum atomic E-state index is 12.1. The van der Waals surface area contributed by atoms with Crippen LogP contribution in [-0.2, 0) is 17.9 Å². The first-order valence-electron chi connectivity index (χ1n) is 7.78. The number of carbonyl (C=O) groups is 1. The standard InChI is InChI=1S/C18H19N5O/c1-13-7-3-5-9-15(13)11-19-17(24)12-23-21-18(20-22-23)16-10-6-4-8-14(16)2/h3-10H,11-12H2,1-2H3,(H,19,24). The van der Waals surface area contributed by atoms with Gasteiger partial charge in [-0.15, -0.1) is 10.2 Å². The van der Waals surface area contributed by atoms with Crippen molar-refractivity contribution in [1.82, 2.24) is 25.5 Å². The molecule has 0 radical (unpaired) electrons. The molecule has 0 saturated heterocycles. The van der Waals surface area contributed by atoms with E-state index < -0.39 is 0 Å². The third-order valence-electron chi connectivity index (χ3n) is 3.86. The van der Waals surface area contributed by atoms with E-state index in [9.17, 15) is 4.79 Å². The first kappa shape index (κ1) is 15.9. The summed E-state index contributed by atoms with van der Waals surface area (Å²) in [4.78, 5) is 13.4. The maximum absolute atomic E-state index is 12.1. The second kappa shape index (κ2) is 7.04. The highest BCUT2D eigenvalue weighted by atomic mass is 16.2. The predicted octanol–water partition coefficient (Wildman–Crippen LogP) is 2.27. The predicted molar refractivity (Wildman–Crippen MR) is 91.0 cm³/mol. The summed E-state index contributed by atoms with van der Waals surface area (Å²) in [5.74, 6) is 0.381. The monoisotopic (exact) mass is 321 g/mol. The summed E-state index contributed by atoms with van der Waals surface area (Å²) in [5, 5.41) is 15.2. The molecule has 0 bridgehead atoms. The number of nitrogens with one attached hydrogen (secondary N) is 1. The summed E-state index contributed by atoms with van der Waals surface area (Å²) in [6.45, 7) is 4.55. The largest absolute Gasteiger partial charge is 0.350 e. The third kappa shape index (κ3) is 3.65. The average molecular weight is 321 g/mol. The van der Waals surface area contributed by atoms with Crippen LogP contribution in [-0.4, -0.2) is 26.1 Å². The van der Waals surface area contributed by atoms with Gasteiger partial charge in [0.2, 0.25) is 11.7 Å². The number of nitrogens with zero attached hydrogens (tertiary/aromatic N) is 4. The minimum atomic E-state index is -0.146. The molecule has 3 aromatic rings. The van der Waals surface area contributed by atoms with Crippen molar-refractivity contribution in [3.05, 3.63) is 65.2 Å². The van der Waals surface area contributed by atoms with Crippen molar-refractivity contribution >= 4 is 5.91 Å². The lowest BCUT2D eigenvalue weighted by Crippen LogP contribution is -2.28.